The molecule has 2 aromatic rings. The van der Waals surface area contributed by atoms with E-state index in [1.165, 1.54) is 16.8 Å². The van der Waals surface area contributed by atoms with E-state index in [0.29, 0.717) is 15.2 Å². The van der Waals surface area contributed by atoms with Crippen LogP contribution in [0.25, 0.3) is 0 Å². The van der Waals surface area contributed by atoms with E-state index in [9.17, 15) is 0 Å². The molecule has 0 amide bonds. The second kappa shape index (κ2) is 7.81. The molecule has 0 unspecified atom stereocenters. The van der Waals surface area contributed by atoms with Crippen molar-refractivity contribution in [2.75, 3.05) is 36.4 Å². The Balaban J connectivity index is 1.62. The standard InChI is InChI=1S/C19H21Cl2N3S/c1-13-4-3-5-18(14(13)2)23-6-8-24(9-7-23)19(25)22-17-11-15(20)10-16(21)12-17/h3-5,10-12H,6-9H2,1-2H3,(H,22,25). The third kappa shape index (κ3) is 4.38. The lowest BCUT2D eigenvalue weighted by Gasteiger charge is -2.38. The van der Waals surface area contributed by atoms with Crippen molar-refractivity contribution in [3.63, 3.8) is 0 Å². The molecule has 1 heterocycles. The molecule has 0 spiro atoms. The second-order valence-electron chi connectivity index (χ2n) is 6.28. The molecule has 1 fully saturated rings. The van der Waals surface area contributed by atoms with E-state index in [2.05, 4.69) is 47.2 Å². The molecule has 1 aliphatic rings. The molecular formula is C19H21Cl2N3S. The smallest absolute Gasteiger partial charge is 0.173 e. The lowest BCUT2D eigenvalue weighted by Crippen LogP contribution is -2.50. The van der Waals surface area contributed by atoms with E-state index in [-0.39, 0.29) is 0 Å². The molecule has 1 saturated heterocycles. The monoisotopic (exact) mass is 393 g/mol. The van der Waals surface area contributed by atoms with Gasteiger partial charge in [0.25, 0.3) is 0 Å². The number of rotatable bonds is 2. The number of halogens is 2. The van der Waals surface area contributed by atoms with Gasteiger partial charge in [-0.15, -0.1) is 0 Å². The highest BCUT2D eigenvalue weighted by molar-refractivity contribution is 7.80. The number of benzene rings is 2. The molecule has 0 bridgehead atoms. The van der Waals surface area contributed by atoms with E-state index in [4.69, 9.17) is 35.4 Å². The lowest BCUT2D eigenvalue weighted by atomic mass is 10.1. The first-order valence-electron chi connectivity index (χ1n) is 8.27. The number of hydrogen-bond acceptors (Lipinski definition) is 2. The zero-order valence-electron chi connectivity index (χ0n) is 14.4. The third-order valence-electron chi connectivity index (χ3n) is 4.60. The first-order chi connectivity index (χ1) is 11.9. The molecule has 6 heteroatoms. The quantitative estimate of drug-likeness (QED) is 0.712. The second-order valence-corrected chi connectivity index (χ2v) is 7.54. The largest absolute Gasteiger partial charge is 0.368 e. The Bertz CT molecular complexity index is 766. The number of nitrogens with zero attached hydrogens (tertiary/aromatic N) is 2. The maximum atomic E-state index is 6.05. The summed E-state index contributed by atoms with van der Waals surface area (Å²) in [5.41, 5.74) is 4.82. The van der Waals surface area contributed by atoms with Crippen molar-refractivity contribution in [1.29, 1.82) is 0 Å². The number of aryl methyl sites for hydroxylation is 1. The highest BCUT2D eigenvalue weighted by atomic mass is 35.5. The molecule has 0 aromatic heterocycles. The van der Waals surface area contributed by atoms with Crippen molar-refractivity contribution in [2.45, 2.75) is 13.8 Å². The van der Waals surface area contributed by atoms with Crippen LogP contribution in [0.15, 0.2) is 36.4 Å². The first kappa shape index (κ1) is 18.3. The van der Waals surface area contributed by atoms with Gasteiger partial charge in [0.15, 0.2) is 5.11 Å². The summed E-state index contributed by atoms with van der Waals surface area (Å²) < 4.78 is 0. The van der Waals surface area contributed by atoms with Gasteiger partial charge in [-0.05, 0) is 61.5 Å². The molecule has 0 saturated carbocycles. The van der Waals surface area contributed by atoms with Crippen LogP contribution in [0.4, 0.5) is 11.4 Å². The predicted octanol–water partition coefficient (Wildman–Crippen LogP) is 5.13. The topological polar surface area (TPSA) is 18.5 Å². The van der Waals surface area contributed by atoms with Crippen LogP contribution < -0.4 is 10.2 Å². The van der Waals surface area contributed by atoms with E-state index in [1.807, 2.05) is 12.1 Å². The molecule has 1 N–H and O–H groups in total. The molecular weight excluding hydrogens is 373 g/mol. The lowest BCUT2D eigenvalue weighted by molar-refractivity contribution is 0.390. The van der Waals surface area contributed by atoms with Gasteiger partial charge in [0, 0.05) is 47.6 Å². The van der Waals surface area contributed by atoms with Crippen LogP contribution in [-0.2, 0) is 0 Å². The summed E-state index contributed by atoms with van der Waals surface area (Å²) in [4.78, 5) is 4.61. The Kier molecular flexibility index (Phi) is 5.72. The molecule has 0 atom stereocenters. The summed E-state index contributed by atoms with van der Waals surface area (Å²) in [6, 6.07) is 11.8. The summed E-state index contributed by atoms with van der Waals surface area (Å²) in [6.45, 7) is 8.00. The van der Waals surface area contributed by atoms with Crippen LogP contribution in [0.5, 0.6) is 0 Å². The fraction of sp³-hybridized carbons (Fsp3) is 0.316. The van der Waals surface area contributed by atoms with Crippen LogP contribution >= 0.6 is 35.4 Å². The normalized spacial score (nSPS) is 14.6. The number of anilines is 2. The van der Waals surface area contributed by atoms with E-state index < -0.39 is 0 Å². The van der Waals surface area contributed by atoms with E-state index >= 15 is 0 Å². The van der Waals surface area contributed by atoms with Gasteiger partial charge in [-0.25, -0.2) is 0 Å². The molecule has 132 valence electrons. The van der Waals surface area contributed by atoms with Gasteiger partial charge < -0.3 is 15.1 Å². The van der Waals surface area contributed by atoms with Crippen LogP contribution in [0.1, 0.15) is 11.1 Å². The minimum absolute atomic E-state index is 0.595. The summed E-state index contributed by atoms with van der Waals surface area (Å²) in [6.07, 6.45) is 0. The molecule has 1 aliphatic heterocycles. The van der Waals surface area contributed by atoms with Gasteiger partial charge in [0.05, 0.1) is 0 Å². The van der Waals surface area contributed by atoms with Crippen molar-refractivity contribution in [3.05, 3.63) is 57.6 Å². The number of thiocarbonyl (C=S) groups is 1. The summed E-state index contributed by atoms with van der Waals surface area (Å²) in [7, 11) is 0. The van der Waals surface area contributed by atoms with Gasteiger partial charge in [0.1, 0.15) is 0 Å². The van der Waals surface area contributed by atoms with Crippen LogP contribution in [0, 0.1) is 13.8 Å². The Labute approximate surface area is 164 Å². The van der Waals surface area contributed by atoms with Crippen molar-refractivity contribution in [2.24, 2.45) is 0 Å². The Hall–Kier alpha value is -1.49. The fourth-order valence-electron chi connectivity index (χ4n) is 3.06. The van der Waals surface area contributed by atoms with Crippen LogP contribution in [0.2, 0.25) is 10.0 Å². The minimum atomic E-state index is 0.595. The number of nitrogens with one attached hydrogen (secondary N) is 1. The highest BCUT2D eigenvalue weighted by Gasteiger charge is 2.20. The zero-order valence-corrected chi connectivity index (χ0v) is 16.7. The third-order valence-corrected chi connectivity index (χ3v) is 5.39. The SMILES string of the molecule is Cc1cccc(N2CCN(C(=S)Nc3cc(Cl)cc(Cl)c3)CC2)c1C. The maximum Gasteiger partial charge on any atom is 0.173 e. The Morgan fingerprint density at radius 1 is 1.00 bits per heavy atom. The predicted molar refractivity (Wildman–Crippen MR) is 112 cm³/mol. The average molecular weight is 394 g/mol. The van der Waals surface area contributed by atoms with E-state index in [1.54, 1.807) is 6.07 Å². The Morgan fingerprint density at radius 2 is 1.64 bits per heavy atom. The fourth-order valence-corrected chi connectivity index (χ4v) is 3.88. The first-order valence-corrected chi connectivity index (χ1v) is 9.43. The highest BCUT2D eigenvalue weighted by Crippen LogP contribution is 2.25. The van der Waals surface area contributed by atoms with Gasteiger partial charge >= 0.3 is 0 Å². The molecule has 3 rings (SSSR count). The number of hydrogen-bond donors (Lipinski definition) is 1. The van der Waals surface area contributed by atoms with Crippen LogP contribution in [-0.4, -0.2) is 36.2 Å². The van der Waals surface area contributed by atoms with Gasteiger partial charge in [-0.2, -0.15) is 0 Å². The molecule has 0 aliphatic carbocycles. The summed E-state index contributed by atoms with van der Waals surface area (Å²) in [5, 5.41) is 5.14. The molecule has 0 radical (unpaired) electrons. The van der Waals surface area contributed by atoms with E-state index in [0.717, 1.165) is 31.9 Å². The van der Waals surface area contributed by atoms with Crippen LogP contribution in [0.3, 0.4) is 0 Å². The molecule has 2 aromatic carbocycles. The Morgan fingerprint density at radius 3 is 2.28 bits per heavy atom. The summed E-state index contributed by atoms with van der Waals surface area (Å²) in [5.74, 6) is 0. The maximum absolute atomic E-state index is 6.05. The van der Waals surface area contributed by atoms with Crippen molar-refractivity contribution < 1.29 is 0 Å². The average Bonchev–Trinajstić information content (AvgIpc) is 2.56. The number of piperazine rings is 1. The summed E-state index contributed by atoms with van der Waals surface area (Å²) >= 11 is 17.6. The van der Waals surface area contributed by atoms with Crippen molar-refractivity contribution >= 4 is 51.9 Å². The van der Waals surface area contributed by atoms with Gasteiger partial charge in [-0.1, -0.05) is 35.3 Å². The van der Waals surface area contributed by atoms with Gasteiger partial charge in [0.2, 0.25) is 0 Å². The molecule has 25 heavy (non-hydrogen) atoms. The molecule has 3 nitrogen and oxygen atoms in total. The van der Waals surface area contributed by atoms with Crippen molar-refractivity contribution in [1.82, 2.24) is 4.90 Å². The van der Waals surface area contributed by atoms with Crippen molar-refractivity contribution in [3.8, 4) is 0 Å². The zero-order chi connectivity index (χ0) is 18.0. The van der Waals surface area contributed by atoms with Gasteiger partial charge in [-0.3, -0.25) is 0 Å². The minimum Gasteiger partial charge on any atom is -0.368 e.